The van der Waals surface area contributed by atoms with E-state index in [-0.39, 0.29) is 5.76 Å². The minimum Gasteiger partial charge on any atom is -0.509 e. The summed E-state index contributed by atoms with van der Waals surface area (Å²) in [6.45, 7) is 7.87. The van der Waals surface area contributed by atoms with E-state index in [1.54, 1.807) is 6.08 Å². The summed E-state index contributed by atoms with van der Waals surface area (Å²) in [5.74, 6) is 0.120. The Hall–Kier alpha value is -0.980. The van der Waals surface area contributed by atoms with Gasteiger partial charge in [-0.15, -0.1) is 0 Å². The molecule has 0 bridgehead atoms. The van der Waals surface area contributed by atoms with Crippen molar-refractivity contribution in [1.82, 2.24) is 0 Å². The molecule has 134 valence electrons. The Kier molecular flexibility index (Phi) is 16.6. The third kappa shape index (κ3) is 19.0. The fourth-order valence-corrected chi connectivity index (χ4v) is 2.83. The smallest absolute Gasteiger partial charge is 0.108 e. The molecule has 23 heavy (non-hydrogen) atoms. The van der Waals surface area contributed by atoms with Gasteiger partial charge in [-0.25, -0.2) is 0 Å². The quantitative estimate of drug-likeness (QED) is 0.173. The molecule has 0 aliphatic carbocycles. The van der Waals surface area contributed by atoms with Crippen molar-refractivity contribution in [3.63, 3.8) is 0 Å². The first-order valence-electron chi connectivity index (χ1n) is 9.88. The van der Waals surface area contributed by atoms with E-state index in [1.807, 2.05) is 6.08 Å². The third-order valence-electron chi connectivity index (χ3n) is 4.34. The van der Waals surface area contributed by atoms with Crippen molar-refractivity contribution in [3.8, 4) is 0 Å². The van der Waals surface area contributed by atoms with Gasteiger partial charge in [-0.3, -0.25) is 0 Å². The van der Waals surface area contributed by atoms with Crippen LogP contribution in [0.4, 0.5) is 0 Å². The summed E-state index contributed by atoms with van der Waals surface area (Å²) < 4.78 is 0. The molecule has 1 heteroatoms. The molecule has 1 N–H and O–H groups in total. The largest absolute Gasteiger partial charge is 0.509 e. The van der Waals surface area contributed by atoms with Crippen LogP contribution in [-0.2, 0) is 0 Å². The predicted molar refractivity (Wildman–Crippen MR) is 105 cm³/mol. The zero-order chi connectivity index (χ0) is 17.2. The fraction of sp³-hybridized carbons (Fsp3) is 0.727. The second-order valence-corrected chi connectivity index (χ2v) is 6.86. The molecule has 0 spiro atoms. The molecule has 0 aromatic heterocycles. The maximum atomic E-state index is 8.95. The standard InChI is InChI=1S/C22H40O/c1-4-5-6-7-8-9-10-11-12-13-14-15-16-18-21(2)19-17-20-22(3)23/h17,19-20,23H,3-16,18H2,1-2H3/b20-17-,21-19+. The van der Waals surface area contributed by atoms with Crippen LogP contribution in [0.1, 0.15) is 104 Å². The topological polar surface area (TPSA) is 20.2 Å². The van der Waals surface area contributed by atoms with Gasteiger partial charge >= 0.3 is 0 Å². The van der Waals surface area contributed by atoms with Gasteiger partial charge in [-0.1, -0.05) is 108 Å². The van der Waals surface area contributed by atoms with Crippen LogP contribution in [0.2, 0.25) is 0 Å². The minimum absolute atomic E-state index is 0.120. The molecule has 0 aliphatic rings. The van der Waals surface area contributed by atoms with Crippen molar-refractivity contribution in [1.29, 1.82) is 0 Å². The van der Waals surface area contributed by atoms with Gasteiger partial charge in [0.05, 0.1) is 0 Å². The van der Waals surface area contributed by atoms with E-state index < -0.39 is 0 Å². The lowest BCUT2D eigenvalue weighted by atomic mass is 10.0. The molecule has 0 fully saturated rings. The summed E-state index contributed by atoms with van der Waals surface area (Å²) in [6.07, 6.45) is 25.0. The molecule has 0 rings (SSSR count). The van der Waals surface area contributed by atoms with Crippen LogP contribution in [0.15, 0.2) is 36.1 Å². The van der Waals surface area contributed by atoms with E-state index in [2.05, 4.69) is 26.5 Å². The molecule has 0 saturated carbocycles. The van der Waals surface area contributed by atoms with Gasteiger partial charge in [0.1, 0.15) is 5.76 Å². The first kappa shape index (κ1) is 22.0. The molecule has 0 saturated heterocycles. The van der Waals surface area contributed by atoms with Gasteiger partial charge in [0, 0.05) is 0 Å². The number of aliphatic hydroxyl groups is 1. The Bertz CT molecular complexity index is 325. The molecule has 0 aromatic rings. The van der Waals surface area contributed by atoms with Crippen molar-refractivity contribution in [2.45, 2.75) is 104 Å². The Labute approximate surface area is 145 Å². The molecule has 0 aliphatic heterocycles. The highest BCUT2D eigenvalue weighted by Gasteiger charge is 1.94. The van der Waals surface area contributed by atoms with Gasteiger partial charge in [0.15, 0.2) is 0 Å². The molecule has 1 nitrogen and oxygen atoms in total. The van der Waals surface area contributed by atoms with Gasteiger partial charge < -0.3 is 5.11 Å². The summed E-state index contributed by atoms with van der Waals surface area (Å²) in [5.41, 5.74) is 1.38. The highest BCUT2D eigenvalue weighted by atomic mass is 16.3. The second-order valence-electron chi connectivity index (χ2n) is 6.86. The first-order valence-corrected chi connectivity index (χ1v) is 9.88. The maximum Gasteiger partial charge on any atom is 0.108 e. The van der Waals surface area contributed by atoms with Crippen LogP contribution in [0.3, 0.4) is 0 Å². The van der Waals surface area contributed by atoms with Crippen LogP contribution in [0.5, 0.6) is 0 Å². The highest BCUT2D eigenvalue weighted by molar-refractivity contribution is 5.16. The Balaban J connectivity index is 3.26. The highest BCUT2D eigenvalue weighted by Crippen LogP contribution is 2.14. The number of aliphatic hydroxyl groups excluding tert-OH is 1. The maximum absolute atomic E-state index is 8.95. The SMILES string of the molecule is C=C(O)/C=C\C=C(/C)CCCCCCCCCCCCCCC. The van der Waals surface area contributed by atoms with E-state index in [9.17, 15) is 0 Å². The minimum atomic E-state index is 0.120. The molecular formula is C22H40O. The molecule has 0 radical (unpaired) electrons. The summed E-state index contributed by atoms with van der Waals surface area (Å²) in [7, 11) is 0. The molecule has 0 heterocycles. The van der Waals surface area contributed by atoms with Crippen LogP contribution >= 0.6 is 0 Å². The molecule has 0 aromatic carbocycles. The van der Waals surface area contributed by atoms with Crippen molar-refractivity contribution in [2.75, 3.05) is 0 Å². The number of hydrogen-bond donors (Lipinski definition) is 1. The number of hydrogen-bond acceptors (Lipinski definition) is 1. The van der Waals surface area contributed by atoms with Crippen LogP contribution < -0.4 is 0 Å². The predicted octanol–water partition coefficient (Wildman–Crippen LogP) is 8.04. The van der Waals surface area contributed by atoms with Gasteiger partial charge in [0.25, 0.3) is 0 Å². The summed E-state index contributed by atoms with van der Waals surface area (Å²) in [6, 6.07) is 0. The summed E-state index contributed by atoms with van der Waals surface area (Å²) in [5, 5.41) is 8.95. The Morgan fingerprint density at radius 1 is 0.783 bits per heavy atom. The van der Waals surface area contributed by atoms with Crippen LogP contribution in [0.25, 0.3) is 0 Å². The Morgan fingerprint density at radius 3 is 1.65 bits per heavy atom. The van der Waals surface area contributed by atoms with Crippen LogP contribution in [-0.4, -0.2) is 5.11 Å². The lowest BCUT2D eigenvalue weighted by Crippen LogP contribution is -1.83. The monoisotopic (exact) mass is 320 g/mol. The molecular weight excluding hydrogens is 280 g/mol. The normalized spacial score (nSPS) is 12.2. The number of unbranched alkanes of at least 4 members (excludes halogenated alkanes) is 12. The van der Waals surface area contributed by atoms with Crippen LogP contribution in [0, 0.1) is 0 Å². The lowest BCUT2D eigenvalue weighted by Gasteiger charge is -2.03. The zero-order valence-electron chi connectivity index (χ0n) is 15.8. The van der Waals surface area contributed by atoms with Gasteiger partial charge in [-0.2, -0.15) is 0 Å². The molecule has 0 unspecified atom stereocenters. The van der Waals surface area contributed by atoms with Crippen molar-refractivity contribution in [3.05, 3.63) is 36.1 Å². The fourth-order valence-electron chi connectivity index (χ4n) is 2.83. The average molecular weight is 321 g/mol. The van der Waals surface area contributed by atoms with Crippen molar-refractivity contribution < 1.29 is 5.11 Å². The van der Waals surface area contributed by atoms with Crippen molar-refractivity contribution >= 4 is 0 Å². The summed E-state index contributed by atoms with van der Waals surface area (Å²) >= 11 is 0. The Morgan fingerprint density at radius 2 is 1.22 bits per heavy atom. The van der Waals surface area contributed by atoms with E-state index in [1.165, 1.54) is 95.5 Å². The molecule has 0 amide bonds. The number of allylic oxidation sites excluding steroid dienone is 4. The molecule has 0 atom stereocenters. The van der Waals surface area contributed by atoms with E-state index in [4.69, 9.17) is 5.11 Å². The lowest BCUT2D eigenvalue weighted by molar-refractivity contribution is 0.435. The van der Waals surface area contributed by atoms with E-state index in [0.29, 0.717) is 0 Å². The first-order chi connectivity index (χ1) is 11.2. The van der Waals surface area contributed by atoms with Crippen molar-refractivity contribution in [2.24, 2.45) is 0 Å². The van der Waals surface area contributed by atoms with Gasteiger partial charge in [-0.05, 0) is 25.8 Å². The van der Waals surface area contributed by atoms with E-state index in [0.717, 1.165) is 0 Å². The van der Waals surface area contributed by atoms with E-state index >= 15 is 0 Å². The summed E-state index contributed by atoms with van der Waals surface area (Å²) in [4.78, 5) is 0. The van der Waals surface area contributed by atoms with Gasteiger partial charge in [0.2, 0.25) is 0 Å². The number of rotatable bonds is 16. The zero-order valence-corrected chi connectivity index (χ0v) is 15.8. The second kappa shape index (κ2) is 17.4. The third-order valence-corrected chi connectivity index (χ3v) is 4.34. The average Bonchev–Trinajstić information content (AvgIpc) is 2.51.